The van der Waals surface area contributed by atoms with Gasteiger partial charge in [-0.3, -0.25) is 4.79 Å². The van der Waals surface area contributed by atoms with Crippen LogP contribution in [0.4, 0.5) is 5.69 Å². The smallest absolute Gasteiger partial charge is 0.234 e. The molecule has 1 amide bonds. The summed E-state index contributed by atoms with van der Waals surface area (Å²) in [7, 11) is 0. The largest absolute Gasteiger partial charge is 0.486 e. The van der Waals surface area contributed by atoms with Crippen LogP contribution in [0.3, 0.4) is 0 Å². The second-order valence-corrected chi connectivity index (χ2v) is 6.43. The molecule has 1 aliphatic rings. The van der Waals surface area contributed by atoms with E-state index in [2.05, 4.69) is 15.5 Å². The van der Waals surface area contributed by atoms with Gasteiger partial charge < -0.3 is 19.2 Å². The first-order chi connectivity index (χ1) is 12.8. The first-order valence-corrected chi connectivity index (χ1v) is 8.96. The number of nitrogens with one attached hydrogen (secondary N) is 1. The fourth-order valence-corrected chi connectivity index (χ4v) is 3.02. The number of furan rings is 1. The van der Waals surface area contributed by atoms with E-state index in [9.17, 15) is 4.79 Å². The number of rotatable bonds is 5. The van der Waals surface area contributed by atoms with Gasteiger partial charge in [-0.25, -0.2) is 0 Å². The molecule has 0 saturated heterocycles. The molecule has 4 rings (SSSR count). The Hall–Kier alpha value is -3.00. The number of fused-ring (bicyclic) bond motifs is 1. The molecule has 3 heterocycles. The van der Waals surface area contributed by atoms with E-state index in [0.717, 1.165) is 0 Å². The lowest BCUT2D eigenvalue weighted by Crippen LogP contribution is -2.17. The minimum absolute atomic E-state index is 0.136. The van der Waals surface area contributed by atoms with Crippen molar-refractivity contribution in [2.45, 2.75) is 5.03 Å². The second-order valence-electron chi connectivity index (χ2n) is 5.43. The zero-order valence-electron chi connectivity index (χ0n) is 13.7. The summed E-state index contributed by atoms with van der Waals surface area (Å²) >= 11 is 1.31. The number of thioether (sulfide) groups is 1. The molecule has 0 radical (unpaired) electrons. The molecule has 0 aliphatic carbocycles. The van der Waals surface area contributed by atoms with E-state index < -0.39 is 0 Å². The van der Waals surface area contributed by atoms with Gasteiger partial charge in [-0.15, -0.1) is 10.2 Å². The Morgan fingerprint density at radius 3 is 2.73 bits per heavy atom. The highest BCUT2D eigenvalue weighted by Gasteiger charge is 2.13. The van der Waals surface area contributed by atoms with Gasteiger partial charge in [0, 0.05) is 11.8 Å². The lowest BCUT2D eigenvalue weighted by molar-refractivity contribution is -0.113. The molecule has 0 bridgehead atoms. The minimum Gasteiger partial charge on any atom is -0.486 e. The number of hydrogen-bond donors (Lipinski definition) is 1. The maximum atomic E-state index is 12.1. The first kappa shape index (κ1) is 16.5. The molecule has 0 fully saturated rings. The van der Waals surface area contributed by atoms with Crippen molar-refractivity contribution in [3.63, 3.8) is 0 Å². The topological polar surface area (TPSA) is 86.5 Å². The summed E-state index contributed by atoms with van der Waals surface area (Å²) in [5, 5.41) is 11.7. The lowest BCUT2D eigenvalue weighted by Gasteiger charge is -2.18. The van der Waals surface area contributed by atoms with Crippen LogP contribution in [0, 0.1) is 0 Å². The van der Waals surface area contributed by atoms with E-state index in [1.807, 2.05) is 18.2 Å². The SMILES string of the molecule is O=C(CSc1ccc(-c2ccco2)nn1)Nc1ccc2c(c1)OCCO2. The summed E-state index contributed by atoms with van der Waals surface area (Å²) in [4.78, 5) is 12.1. The Morgan fingerprint density at radius 2 is 1.96 bits per heavy atom. The zero-order valence-corrected chi connectivity index (χ0v) is 14.5. The van der Waals surface area contributed by atoms with E-state index in [1.54, 1.807) is 30.5 Å². The van der Waals surface area contributed by atoms with Gasteiger partial charge in [-0.05, 0) is 36.4 Å². The Labute approximate surface area is 153 Å². The van der Waals surface area contributed by atoms with Crippen LogP contribution in [0.2, 0.25) is 0 Å². The molecule has 7 nitrogen and oxygen atoms in total. The van der Waals surface area contributed by atoms with Crippen molar-refractivity contribution in [1.82, 2.24) is 10.2 Å². The average Bonchev–Trinajstić information content (AvgIpc) is 3.21. The van der Waals surface area contributed by atoms with E-state index in [0.29, 0.717) is 46.9 Å². The number of aromatic nitrogens is 2. The number of carbonyl (C=O) groups is 1. The van der Waals surface area contributed by atoms with Gasteiger partial charge in [0.25, 0.3) is 0 Å². The predicted octanol–water partition coefficient (Wildman–Crippen LogP) is 3.24. The number of benzene rings is 1. The van der Waals surface area contributed by atoms with Gasteiger partial charge in [0.2, 0.25) is 5.91 Å². The summed E-state index contributed by atoms with van der Waals surface area (Å²) in [5.41, 5.74) is 1.32. The monoisotopic (exact) mass is 369 g/mol. The van der Waals surface area contributed by atoms with Gasteiger partial charge in [0.1, 0.15) is 23.9 Å². The van der Waals surface area contributed by atoms with Crippen LogP contribution in [-0.4, -0.2) is 35.1 Å². The number of carbonyl (C=O) groups excluding carboxylic acids is 1. The van der Waals surface area contributed by atoms with Crippen molar-refractivity contribution in [2.24, 2.45) is 0 Å². The fraction of sp³-hybridized carbons (Fsp3) is 0.167. The van der Waals surface area contributed by atoms with E-state index >= 15 is 0 Å². The Kier molecular flexibility index (Phi) is 4.74. The molecule has 26 heavy (non-hydrogen) atoms. The van der Waals surface area contributed by atoms with Crippen molar-refractivity contribution >= 4 is 23.4 Å². The standard InChI is InChI=1S/C18H15N3O4S/c22-17(19-12-3-5-15-16(10-12)25-9-8-24-15)11-26-18-6-4-13(20-21-18)14-2-1-7-23-14/h1-7,10H,8-9,11H2,(H,19,22). The van der Waals surface area contributed by atoms with Crippen LogP contribution < -0.4 is 14.8 Å². The molecule has 2 aromatic heterocycles. The first-order valence-electron chi connectivity index (χ1n) is 7.98. The molecule has 0 unspecified atom stereocenters. The lowest BCUT2D eigenvalue weighted by atomic mass is 10.2. The second kappa shape index (κ2) is 7.49. The van der Waals surface area contributed by atoms with Crippen LogP contribution in [0.5, 0.6) is 11.5 Å². The summed E-state index contributed by atoms with van der Waals surface area (Å²) in [6.07, 6.45) is 1.59. The number of amides is 1. The van der Waals surface area contributed by atoms with Crippen LogP contribution in [0.1, 0.15) is 0 Å². The fourth-order valence-electron chi connectivity index (χ4n) is 2.41. The Balaban J connectivity index is 1.32. The van der Waals surface area contributed by atoms with E-state index in [4.69, 9.17) is 13.9 Å². The van der Waals surface area contributed by atoms with Crippen LogP contribution in [0.15, 0.2) is 58.2 Å². The van der Waals surface area contributed by atoms with E-state index in [1.165, 1.54) is 11.8 Å². The van der Waals surface area contributed by atoms with Crippen LogP contribution >= 0.6 is 11.8 Å². The summed E-state index contributed by atoms with van der Waals surface area (Å²) in [5.74, 6) is 2.08. The van der Waals surface area contributed by atoms with Crippen LogP contribution in [0.25, 0.3) is 11.5 Å². The normalized spacial score (nSPS) is 12.6. The van der Waals surface area contributed by atoms with Gasteiger partial charge in [-0.1, -0.05) is 11.8 Å². The number of nitrogens with zero attached hydrogens (tertiary/aromatic N) is 2. The van der Waals surface area contributed by atoms with Crippen molar-refractivity contribution in [1.29, 1.82) is 0 Å². The maximum absolute atomic E-state index is 12.1. The molecular weight excluding hydrogens is 354 g/mol. The predicted molar refractivity (Wildman–Crippen MR) is 96.5 cm³/mol. The molecule has 0 atom stereocenters. The highest BCUT2D eigenvalue weighted by molar-refractivity contribution is 7.99. The van der Waals surface area contributed by atoms with Gasteiger partial charge in [-0.2, -0.15) is 0 Å². The number of anilines is 1. The average molecular weight is 369 g/mol. The van der Waals surface area contributed by atoms with Gasteiger partial charge >= 0.3 is 0 Å². The minimum atomic E-state index is -0.136. The van der Waals surface area contributed by atoms with Gasteiger partial charge in [0.15, 0.2) is 17.3 Å². The summed E-state index contributed by atoms with van der Waals surface area (Å²) in [6, 6.07) is 12.6. The third kappa shape index (κ3) is 3.80. The highest BCUT2D eigenvalue weighted by Crippen LogP contribution is 2.32. The van der Waals surface area contributed by atoms with Gasteiger partial charge in [0.05, 0.1) is 12.0 Å². The van der Waals surface area contributed by atoms with Crippen molar-refractivity contribution in [3.8, 4) is 23.0 Å². The molecule has 0 spiro atoms. The third-order valence-electron chi connectivity index (χ3n) is 3.59. The maximum Gasteiger partial charge on any atom is 0.234 e. The Bertz CT molecular complexity index is 897. The molecule has 1 aromatic carbocycles. The van der Waals surface area contributed by atoms with E-state index in [-0.39, 0.29) is 11.7 Å². The zero-order chi connectivity index (χ0) is 17.8. The quantitative estimate of drug-likeness (QED) is 0.691. The summed E-state index contributed by atoms with van der Waals surface area (Å²) < 4.78 is 16.2. The molecular formula is C18H15N3O4S. The van der Waals surface area contributed by atoms with Crippen molar-refractivity contribution < 1.29 is 18.7 Å². The molecule has 3 aromatic rings. The van der Waals surface area contributed by atoms with Crippen LogP contribution in [-0.2, 0) is 4.79 Å². The van der Waals surface area contributed by atoms with Crippen molar-refractivity contribution in [2.75, 3.05) is 24.3 Å². The molecule has 8 heteroatoms. The molecule has 0 saturated carbocycles. The summed E-state index contributed by atoms with van der Waals surface area (Å²) in [6.45, 7) is 1.04. The Morgan fingerprint density at radius 1 is 1.08 bits per heavy atom. The number of hydrogen-bond acceptors (Lipinski definition) is 7. The highest BCUT2D eigenvalue weighted by atomic mass is 32.2. The number of ether oxygens (including phenoxy) is 2. The molecule has 132 valence electrons. The van der Waals surface area contributed by atoms with Crippen molar-refractivity contribution in [3.05, 3.63) is 48.7 Å². The molecule has 1 aliphatic heterocycles. The third-order valence-corrected chi connectivity index (χ3v) is 4.51. The molecule has 1 N–H and O–H groups in total.